The third kappa shape index (κ3) is 4.99. The summed E-state index contributed by atoms with van der Waals surface area (Å²) in [4.78, 5) is 12.3. The maximum atomic E-state index is 13.1. The fraction of sp³-hybridized carbons (Fsp3) is 0.350. The van der Waals surface area contributed by atoms with E-state index in [1.165, 1.54) is 43.8 Å². The first-order valence-electron chi connectivity index (χ1n) is 8.91. The molecule has 0 aliphatic carbocycles. The summed E-state index contributed by atoms with van der Waals surface area (Å²) in [5, 5.41) is 2.65. The number of nitrogens with one attached hydrogen (secondary N) is 1. The van der Waals surface area contributed by atoms with Crippen molar-refractivity contribution in [3.63, 3.8) is 0 Å². The molecule has 8 nitrogen and oxygen atoms in total. The molecule has 1 N–H and O–H groups in total. The second kappa shape index (κ2) is 9.62. The average molecular weight is 423 g/mol. The van der Waals surface area contributed by atoms with Gasteiger partial charge in [-0.25, -0.2) is 8.42 Å². The van der Waals surface area contributed by atoms with Crippen LogP contribution in [0.1, 0.15) is 22.8 Å². The number of hydrogen-bond donors (Lipinski definition) is 1. The van der Waals surface area contributed by atoms with Crippen molar-refractivity contribution in [2.45, 2.75) is 18.4 Å². The van der Waals surface area contributed by atoms with E-state index in [-0.39, 0.29) is 17.0 Å². The van der Waals surface area contributed by atoms with Crippen LogP contribution in [0.5, 0.6) is 17.2 Å². The highest BCUT2D eigenvalue weighted by molar-refractivity contribution is 7.89. The third-order valence-corrected chi connectivity index (χ3v) is 6.15. The number of ether oxygens (including phenoxy) is 3. The van der Waals surface area contributed by atoms with Gasteiger partial charge < -0.3 is 19.5 Å². The molecule has 0 saturated heterocycles. The minimum absolute atomic E-state index is 0.00506. The summed E-state index contributed by atoms with van der Waals surface area (Å²) in [6, 6.07) is 9.38. The van der Waals surface area contributed by atoms with E-state index in [1.807, 2.05) is 0 Å². The van der Waals surface area contributed by atoms with E-state index in [9.17, 15) is 13.2 Å². The number of hydrogen-bond acceptors (Lipinski definition) is 6. The van der Waals surface area contributed by atoms with Crippen molar-refractivity contribution in [3.05, 3.63) is 47.5 Å². The first kappa shape index (κ1) is 22.5. The molecule has 0 aliphatic heterocycles. The molecule has 0 bridgehead atoms. The molecular formula is C20H26N2O6S. The third-order valence-electron chi connectivity index (χ3n) is 4.35. The van der Waals surface area contributed by atoms with Gasteiger partial charge in [-0.3, -0.25) is 4.79 Å². The predicted octanol–water partition coefficient (Wildman–Crippen LogP) is 2.28. The van der Waals surface area contributed by atoms with Crippen molar-refractivity contribution >= 4 is 15.9 Å². The molecule has 29 heavy (non-hydrogen) atoms. The molecule has 2 aromatic carbocycles. The van der Waals surface area contributed by atoms with E-state index in [1.54, 1.807) is 32.2 Å². The number of carbonyl (C=O) groups is 1. The van der Waals surface area contributed by atoms with Crippen LogP contribution in [-0.4, -0.2) is 53.6 Å². The molecule has 0 unspecified atom stereocenters. The Bertz CT molecular complexity index is 975. The molecule has 0 atom stereocenters. The lowest BCUT2D eigenvalue weighted by Crippen LogP contribution is -2.28. The Morgan fingerprint density at radius 1 is 1.00 bits per heavy atom. The summed E-state index contributed by atoms with van der Waals surface area (Å²) in [6.45, 7) is 2.27. The topological polar surface area (TPSA) is 94.2 Å². The molecule has 0 aliphatic rings. The molecule has 0 fully saturated rings. The van der Waals surface area contributed by atoms with Crippen LogP contribution in [0, 0.1) is 0 Å². The molecular weight excluding hydrogens is 396 g/mol. The predicted molar refractivity (Wildman–Crippen MR) is 109 cm³/mol. The Labute approximate surface area is 171 Å². The Hall–Kier alpha value is -2.78. The van der Waals surface area contributed by atoms with Gasteiger partial charge in [0.15, 0.2) is 0 Å². The van der Waals surface area contributed by atoms with E-state index in [2.05, 4.69) is 5.32 Å². The largest absolute Gasteiger partial charge is 0.497 e. The number of nitrogens with zero attached hydrogens (tertiary/aromatic N) is 1. The number of amides is 1. The van der Waals surface area contributed by atoms with Gasteiger partial charge in [0.25, 0.3) is 5.91 Å². The van der Waals surface area contributed by atoms with Crippen LogP contribution in [0.3, 0.4) is 0 Å². The van der Waals surface area contributed by atoms with Gasteiger partial charge in [0.05, 0.1) is 31.8 Å². The molecule has 158 valence electrons. The lowest BCUT2D eigenvalue weighted by molar-refractivity contribution is 0.0952. The number of rotatable bonds is 9. The second-order valence-electron chi connectivity index (χ2n) is 6.16. The van der Waals surface area contributed by atoms with Crippen molar-refractivity contribution < 1.29 is 27.4 Å². The number of carbonyl (C=O) groups excluding carboxylic acids is 1. The highest BCUT2D eigenvalue weighted by Crippen LogP contribution is 2.28. The number of methoxy groups -OCH3 is 3. The maximum Gasteiger partial charge on any atom is 0.255 e. The highest BCUT2D eigenvalue weighted by Gasteiger charge is 2.25. The maximum absolute atomic E-state index is 13.1. The minimum Gasteiger partial charge on any atom is -0.497 e. The van der Waals surface area contributed by atoms with Crippen molar-refractivity contribution in [2.24, 2.45) is 0 Å². The van der Waals surface area contributed by atoms with Crippen LogP contribution in [0.15, 0.2) is 41.3 Å². The molecule has 2 aromatic rings. The summed E-state index contributed by atoms with van der Waals surface area (Å²) in [6.07, 6.45) is 0. The standard InChI is InChI=1S/C20H26N2O6S/c1-6-21-20(23)17-12-16(9-10-18(17)27-4)29(24,25)22(2)13-14-7-8-15(26-3)11-19(14)28-5/h7-12H,6,13H2,1-5H3,(H,21,23). The smallest absolute Gasteiger partial charge is 0.255 e. The van der Waals surface area contributed by atoms with Gasteiger partial charge in [-0.15, -0.1) is 0 Å². The molecule has 1 amide bonds. The normalized spacial score (nSPS) is 11.2. The van der Waals surface area contributed by atoms with Crippen LogP contribution in [0.2, 0.25) is 0 Å². The van der Waals surface area contributed by atoms with Gasteiger partial charge in [-0.05, 0) is 31.2 Å². The lowest BCUT2D eigenvalue weighted by atomic mass is 10.2. The summed E-state index contributed by atoms with van der Waals surface area (Å²) < 4.78 is 43.1. The summed E-state index contributed by atoms with van der Waals surface area (Å²) in [7, 11) is 2.08. The van der Waals surface area contributed by atoms with Gasteiger partial charge in [0.2, 0.25) is 10.0 Å². The monoisotopic (exact) mass is 422 g/mol. The summed E-state index contributed by atoms with van der Waals surface area (Å²) in [5.41, 5.74) is 0.836. The molecule has 0 aromatic heterocycles. The zero-order valence-corrected chi connectivity index (χ0v) is 18.0. The fourth-order valence-electron chi connectivity index (χ4n) is 2.77. The molecule has 0 spiro atoms. The summed E-state index contributed by atoms with van der Waals surface area (Å²) in [5.74, 6) is 1.03. The van der Waals surface area contributed by atoms with Gasteiger partial charge in [-0.1, -0.05) is 6.07 Å². The lowest BCUT2D eigenvalue weighted by Gasteiger charge is -2.20. The minimum atomic E-state index is -3.86. The fourth-order valence-corrected chi connectivity index (χ4v) is 3.94. The van der Waals surface area contributed by atoms with Crippen LogP contribution in [-0.2, 0) is 16.6 Å². The second-order valence-corrected chi connectivity index (χ2v) is 8.21. The Morgan fingerprint density at radius 3 is 2.28 bits per heavy atom. The van der Waals surface area contributed by atoms with Crippen LogP contribution in [0.25, 0.3) is 0 Å². The zero-order valence-electron chi connectivity index (χ0n) is 17.2. The van der Waals surface area contributed by atoms with Gasteiger partial charge >= 0.3 is 0 Å². The number of benzene rings is 2. The van der Waals surface area contributed by atoms with Crippen molar-refractivity contribution in [1.82, 2.24) is 9.62 Å². The quantitative estimate of drug-likeness (QED) is 0.666. The molecule has 0 radical (unpaired) electrons. The first-order valence-corrected chi connectivity index (χ1v) is 10.4. The van der Waals surface area contributed by atoms with Gasteiger partial charge in [0, 0.05) is 31.8 Å². The number of sulfonamides is 1. The van der Waals surface area contributed by atoms with E-state index >= 15 is 0 Å². The van der Waals surface area contributed by atoms with Crippen LogP contribution >= 0.6 is 0 Å². The van der Waals surface area contributed by atoms with Crippen LogP contribution < -0.4 is 19.5 Å². The van der Waals surface area contributed by atoms with E-state index in [0.29, 0.717) is 29.4 Å². The SMILES string of the molecule is CCNC(=O)c1cc(S(=O)(=O)N(C)Cc2ccc(OC)cc2OC)ccc1OC. The average Bonchev–Trinajstić information content (AvgIpc) is 2.73. The highest BCUT2D eigenvalue weighted by atomic mass is 32.2. The zero-order chi connectivity index (χ0) is 21.6. The van der Waals surface area contributed by atoms with E-state index in [4.69, 9.17) is 14.2 Å². The van der Waals surface area contributed by atoms with Crippen molar-refractivity contribution in [1.29, 1.82) is 0 Å². The Balaban J connectivity index is 2.37. The van der Waals surface area contributed by atoms with E-state index in [0.717, 1.165) is 0 Å². The van der Waals surface area contributed by atoms with Crippen molar-refractivity contribution in [2.75, 3.05) is 34.9 Å². The summed E-state index contributed by atoms with van der Waals surface area (Å²) >= 11 is 0. The van der Waals surface area contributed by atoms with Crippen LogP contribution in [0.4, 0.5) is 0 Å². The molecule has 2 rings (SSSR count). The molecule has 9 heteroatoms. The van der Waals surface area contributed by atoms with Gasteiger partial charge in [-0.2, -0.15) is 4.31 Å². The van der Waals surface area contributed by atoms with E-state index < -0.39 is 15.9 Å². The van der Waals surface area contributed by atoms with Crippen molar-refractivity contribution in [3.8, 4) is 17.2 Å². The molecule has 0 saturated carbocycles. The first-order chi connectivity index (χ1) is 13.8. The molecule has 0 heterocycles. The Morgan fingerprint density at radius 2 is 1.69 bits per heavy atom. The van der Waals surface area contributed by atoms with Gasteiger partial charge in [0.1, 0.15) is 17.2 Å². The Kier molecular flexibility index (Phi) is 7.46.